The Bertz CT molecular complexity index is 1500. The van der Waals surface area contributed by atoms with Gasteiger partial charge in [-0.1, -0.05) is 78.9 Å². The second-order valence-electron chi connectivity index (χ2n) is 9.26. The number of rotatable bonds is 12. The Morgan fingerprint density at radius 3 is 1.77 bits per heavy atom. The van der Waals surface area contributed by atoms with E-state index < -0.39 is 31.4 Å². The van der Waals surface area contributed by atoms with Gasteiger partial charge in [-0.15, -0.1) is 0 Å². The molecule has 0 saturated carbocycles. The van der Waals surface area contributed by atoms with Crippen LogP contribution >= 0.6 is 7.60 Å². The maximum Gasteiger partial charge on any atom is 0.457 e. The lowest BCUT2D eigenvalue weighted by Gasteiger charge is -2.29. The van der Waals surface area contributed by atoms with Crippen LogP contribution in [0.3, 0.4) is 0 Å². The average Bonchev–Trinajstić information content (AvgIpc) is 3.00. The van der Waals surface area contributed by atoms with E-state index in [4.69, 9.17) is 24.9 Å². The molecule has 1 unspecified atom stereocenters. The van der Waals surface area contributed by atoms with E-state index in [-0.39, 0.29) is 36.3 Å². The number of hydrogen-bond acceptors (Lipinski definition) is 6. The largest absolute Gasteiger partial charge is 1.00 e. The van der Waals surface area contributed by atoms with Crippen molar-refractivity contribution in [3.05, 3.63) is 132 Å². The number of nitrogens with two attached hydrogens (primary N) is 2. The van der Waals surface area contributed by atoms with Crippen molar-refractivity contribution in [1.29, 1.82) is 0 Å². The van der Waals surface area contributed by atoms with Gasteiger partial charge in [-0.3, -0.25) is 15.9 Å². The number of para-hydroxylation sites is 2. The monoisotopic (exact) mass is 622 g/mol. The highest BCUT2D eigenvalue weighted by molar-refractivity contribution is 7.55. The van der Waals surface area contributed by atoms with Gasteiger partial charge in [-0.05, 0) is 54.4 Å². The van der Waals surface area contributed by atoms with Crippen molar-refractivity contribution in [3.8, 4) is 11.5 Å². The van der Waals surface area contributed by atoms with Gasteiger partial charge in [0.2, 0.25) is 5.91 Å². The Morgan fingerprint density at radius 1 is 0.791 bits per heavy atom. The van der Waals surface area contributed by atoms with Gasteiger partial charge >= 0.3 is 13.7 Å². The summed E-state index contributed by atoms with van der Waals surface area (Å²) < 4.78 is 31.9. The zero-order chi connectivity index (χ0) is 30.0. The molecule has 10 nitrogen and oxygen atoms in total. The van der Waals surface area contributed by atoms with Gasteiger partial charge in [0.05, 0.1) is 5.56 Å². The SMILES string of the molecule is C[C@H](NC(=O)OCc1ccccc1)C(=O)NC(c1ccc(C(N)=[NH2+])cc1)P(=O)(Oc1ccccc1)Oc1ccccc1.[Cl-]. The van der Waals surface area contributed by atoms with E-state index in [1.807, 2.05) is 30.3 Å². The molecule has 0 aliphatic rings. The first-order valence-electron chi connectivity index (χ1n) is 13.1. The molecule has 4 aromatic carbocycles. The Kier molecular flexibility index (Phi) is 11.8. The molecule has 4 rings (SSSR count). The highest BCUT2D eigenvalue weighted by Crippen LogP contribution is 2.59. The van der Waals surface area contributed by atoms with Gasteiger partial charge in [0.1, 0.15) is 24.1 Å². The lowest BCUT2D eigenvalue weighted by Crippen LogP contribution is -3.00. The number of hydrogen-bond donors (Lipinski definition) is 4. The van der Waals surface area contributed by atoms with Gasteiger partial charge in [0, 0.05) is 0 Å². The van der Waals surface area contributed by atoms with Crippen LogP contribution in [0.1, 0.15) is 29.4 Å². The zero-order valence-electron chi connectivity index (χ0n) is 23.3. The summed E-state index contributed by atoms with van der Waals surface area (Å²) in [4.78, 5) is 25.8. The van der Waals surface area contributed by atoms with E-state index in [0.29, 0.717) is 11.1 Å². The smallest absolute Gasteiger partial charge is 0.457 e. The van der Waals surface area contributed by atoms with Gasteiger partial charge in [-0.25, -0.2) is 9.36 Å². The number of carbonyl (C=O) groups excluding carboxylic acids is 2. The van der Waals surface area contributed by atoms with Crippen LogP contribution in [0.2, 0.25) is 0 Å². The molecule has 12 heteroatoms. The van der Waals surface area contributed by atoms with Crippen molar-refractivity contribution < 1.29 is 45.8 Å². The van der Waals surface area contributed by atoms with Crippen molar-refractivity contribution in [3.63, 3.8) is 0 Å². The minimum absolute atomic E-state index is 0. The predicted molar refractivity (Wildman–Crippen MR) is 159 cm³/mol. The van der Waals surface area contributed by atoms with Gasteiger partial charge in [-0.2, -0.15) is 0 Å². The molecule has 0 aliphatic heterocycles. The van der Waals surface area contributed by atoms with E-state index in [0.717, 1.165) is 5.56 Å². The van der Waals surface area contributed by atoms with E-state index in [9.17, 15) is 14.2 Å². The van der Waals surface area contributed by atoms with E-state index >= 15 is 0 Å². The van der Waals surface area contributed by atoms with Crippen LogP contribution in [0.15, 0.2) is 115 Å². The first kappa shape index (κ1) is 32.7. The van der Waals surface area contributed by atoms with E-state index in [1.165, 1.54) is 6.92 Å². The zero-order valence-corrected chi connectivity index (χ0v) is 24.9. The van der Waals surface area contributed by atoms with E-state index in [2.05, 4.69) is 10.6 Å². The molecular formula is C31H32ClN4O6P. The third-order valence-corrected chi connectivity index (χ3v) is 8.04. The van der Waals surface area contributed by atoms with Gasteiger partial charge in [0.25, 0.3) is 5.84 Å². The normalized spacial score (nSPS) is 12.0. The number of amidine groups is 1. The van der Waals surface area contributed by atoms with Crippen molar-refractivity contribution >= 4 is 25.4 Å². The molecule has 0 saturated heterocycles. The van der Waals surface area contributed by atoms with Crippen LogP contribution in [-0.2, 0) is 20.7 Å². The molecule has 0 radical (unpaired) electrons. The number of amides is 2. The quantitative estimate of drug-likeness (QED) is 0.104. The molecule has 6 N–H and O–H groups in total. The Morgan fingerprint density at radius 2 is 1.28 bits per heavy atom. The molecular weight excluding hydrogens is 591 g/mol. The van der Waals surface area contributed by atoms with Gasteiger partial charge < -0.3 is 36.8 Å². The molecule has 224 valence electrons. The van der Waals surface area contributed by atoms with Crippen LogP contribution < -0.4 is 43.2 Å². The molecule has 0 aromatic heterocycles. The first-order chi connectivity index (χ1) is 20.2. The summed E-state index contributed by atoms with van der Waals surface area (Å²) in [6.07, 6.45) is -0.791. The summed E-state index contributed by atoms with van der Waals surface area (Å²) >= 11 is 0. The first-order valence-corrected chi connectivity index (χ1v) is 14.7. The molecule has 43 heavy (non-hydrogen) atoms. The van der Waals surface area contributed by atoms with Crippen LogP contribution in [0.5, 0.6) is 11.5 Å². The van der Waals surface area contributed by atoms with Crippen LogP contribution in [0.4, 0.5) is 4.79 Å². The summed E-state index contributed by atoms with van der Waals surface area (Å²) in [6.45, 7) is 1.51. The number of nitrogens with one attached hydrogen (secondary N) is 2. The fraction of sp³-hybridized carbons (Fsp3) is 0.129. The summed E-state index contributed by atoms with van der Waals surface area (Å²) in [6, 6.07) is 31.5. The maximum absolute atomic E-state index is 14.7. The van der Waals surface area contributed by atoms with Crippen molar-refractivity contribution in [2.75, 3.05) is 0 Å². The third kappa shape index (κ3) is 9.36. The molecule has 0 fully saturated rings. The molecule has 0 heterocycles. The maximum atomic E-state index is 14.7. The third-order valence-electron chi connectivity index (χ3n) is 6.05. The number of carbonyl (C=O) groups is 2. The summed E-state index contributed by atoms with van der Waals surface area (Å²) in [7, 11) is -4.26. The van der Waals surface area contributed by atoms with Crippen LogP contribution in [0.25, 0.3) is 0 Å². The van der Waals surface area contributed by atoms with E-state index in [1.54, 1.807) is 84.9 Å². The fourth-order valence-corrected chi connectivity index (χ4v) is 5.75. The highest BCUT2D eigenvalue weighted by atomic mass is 35.5. The number of alkyl carbamates (subject to hydrolysis) is 1. The standard InChI is InChI=1S/C31H31N4O6P.ClH/c1-22(34-31(37)39-21-23-11-5-2-6-12-23)29(36)35-30(25-19-17-24(18-20-25)28(32)33)42(38,40-26-13-7-3-8-14-26)41-27-15-9-4-10-16-27;/h2-20,22,30H,21H2,1H3,(H3,32,33)(H,34,37)(H,35,36);1H/t22-,30?;/m0./s1. The fourth-order valence-electron chi connectivity index (χ4n) is 3.85. The average molecular weight is 623 g/mol. The number of halogens is 1. The van der Waals surface area contributed by atoms with Crippen molar-refractivity contribution in [1.82, 2.24) is 10.6 Å². The number of ether oxygens (including phenoxy) is 1. The topological polar surface area (TPSA) is 155 Å². The second kappa shape index (κ2) is 15.4. The highest BCUT2D eigenvalue weighted by Gasteiger charge is 2.42. The lowest BCUT2D eigenvalue weighted by molar-refractivity contribution is -0.123. The molecule has 2 atom stereocenters. The molecule has 4 aromatic rings. The Hall–Kier alpha value is -4.79. The Balaban J connectivity index is 0.00000506. The van der Waals surface area contributed by atoms with Gasteiger partial charge in [0.15, 0.2) is 5.78 Å². The second-order valence-corrected chi connectivity index (χ2v) is 11.2. The van der Waals surface area contributed by atoms with Crippen LogP contribution in [-0.4, -0.2) is 23.9 Å². The predicted octanol–water partition coefficient (Wildman–Crippen LogP) is 0.936. The minimum Gasteiger partial charge on any atom is -1.00 e. The molecule has 0 aliphatic carbocycles. The summed E-state index contributed by atoms with van der Waals surface area (Å²) in [5, 5.41) is 11.0. The lowest BCUT2D eigenvalue weighted by atomic mass is 10.1. The summed E-state index contributed by atoms with van der Waals surface area (Å²) in [5.41, 5.74) is 7.45. The molecule has 2 amide bonds. The number of benzene rings is 4. The minimum atomic E-state index is -4.26. The van der Waals surface area contributed by atoms with Crippen molar-refractivity contribution in [2.45, 2.75) is 25.4 Å². The molecule has 0 bridgehead atoms. The van der Waals surface area contributed by atoms with Crippen LogP contribution in [0, 0.1) is 0 Å². The summed E-state index contributed by atoms with van der Waals surface area (Å²) in [5.74, 6) is -1.33. The van der Waals surface area contributed by atoms with Crippen molar-refractivity contribution in [2.24, 2.45) is 5.73 Å². The Labute approximate surface area is 256 Å². The molecule has 0 spiro atoms.